The van der Waals surface area contributed by atoms with Crippen LogP contribution < -0.4 is 10.3 Å². The van der Waals surface area contributed by atoms with Crippen molar-refractivity contribution >= 4 is 12.3 Å². The molecule has 0 radical (unpaired) electrons. The van der Waals surface area contributed by atoms with Crippen LogP contribution >= 0.6 is 0 Å². The fraction of sp³-hybridized carbons (Fsp3) is 0.278. The number of carbonyl (C=O) groups is 2. The van der Waals surface area contributed by atoms with E-state index in [0.717, 1.165) is 6.42 Å². The summed E-state index contributed by atoms with van der Waals surface area (Å²) in [5, 5.41) is 0. The summed E-state index contributed by atoms with van der Waals surface area (Å²) in [4.78, 5) is 36.1. The molecule has 1 aromatic heterocycles. The van der Waals surface area contributed by atoms with E-state index >= 15 is 0 Å². The molecule has 6 heteroatoms. The summed E-state index contributed by atoms with van der Waals surface area (Å²) in [6, 6.07) is 6.37. The molecule has 2 heterocycles. The zero-order valence-electron chi connectivity index (χ0n) is 13.5. The Labute approximate surface area is 138 Å². The number of esters is 1. The number of pyridine rings is 1. The molecule has 24 heavy (non-hydrogen) atoms. The molecular weight excluding hydrogens is 310 g/mol. The van der Waals surface area contributed by atoms with Gasteiger partial charge in [0, 0.05) is 23.4 Å². The molecule has 0 unspecified atom stereocenters. The third kappa shape index (κ3) is 2.50. The Kier molecular flexibility index (Phi) is 4.20. The van der Waals surface area contributed by atoms with E-state index in [2.05, 4.69) is 0 Å². The summed E-state index contributed by atoms with van der Waals surface area (Å²) in [5.41, 5.74) is 2.11. The van der Waals surface area contributed by atoms with Gasteiger partial charge in [-0.15, -0.1) is 0 Å². The molecule has 1 aromatic carbocycles. The standard InChI is InChI=1S/C18H17NO5/c1-23-16-6-5-11(10-20)8-12(16)13-9-14(18(22)24-2)15-4-3-7-19(15)17(13)21/h5-6,8-10H,3-4,7H2,1-2H3. The Morgan fingerprint density at radius 2 is 2.00 bits per heavy atom. The number of carbonyl (C=O) groups excluding carboxylic acids is 2. The van der Waals surface area contributed by atoms with Gasteiger partial charge in [-0.05, 0) is 37.1 Å². The molecule has 0 saturated carbocycles. The Bertz CT molecular complexity index is 882. The number of rotatable bonds is 4. The van der Waals surface area contributed by atoms with Crippen molar-refractivity contribution in [2.75, 3.05) is 14.2 Å². The Hall–Kier alpha value is -2.89. The zero-order chi connectivity index (χ0) is 17.3. The quantitative estimate of drug-likeness (QED) is 0.635. The molecule has 1 aliphatic heterocycles. The van der Waals surface area contributed by atoms with Gasteiger partial charge in [-0.3, -0.25) is 9.59 Å². The summed E-state index contributed by atoms with van der Waals surface area (Å²) >= 11 is 0. The van der Waals surface area contributed by atoms with Gasteiger partial charge in [-0.25, -0.2) is 4.79 Å². The van der Waals surface area contributed by atoms with Crippen molar-refractivity contribution in [2.45, 2.75) is 19.4 Å². The lowest BCUT2D eigenvalue weighted by atomic mass is 10.00. The number of aldehydes is 1. The number of fused-ring (bicyclic) bond motifs is 1. The van der Waals surface area contributed by atoms with Gasteiger partial charge in [0.05, 0.1) is 25.3 Å². The van der Waals surface area contributed by atoms with Crippen molar-refractivity contribution < 1.29 is 19.1 Å². The molecule has 0 atom stereocenters. The molecule has 0 N–H and O–H groups in total. The lowest BCUT2D eigenvalue weighted by Gasteiger charge is -2.14. The second kappa shape index (κ2) is 6.31. The van der Waals surface area contributed by atoms with Crippen LogP contribution in [-0.2, 0) is 17.7 Å². The van der Waals surface area contributed by atoms with Crippen molar-refractivity contribution in [3.05, 3.63) is 51.4 Å². The van der Waals surface area contributed by atoms with Crippen LogP contribution in [0.4, 0.5) is 0 Å². The van der Waals surface area contributed by atoms with Crippen molar-refractivity contribution in [1.29, 1.82) is 0 Å². The van der Waals surface area contributed by atoms with Crippen molar-refractivity contribution in [3.63, 3.8) is 0 Å². The monoisotopic (exact) mass is 327 g/mol. The maximum Gasteiger partial charge on any atom is 0.339 e. The molecule has 0 amide bonds. The first-order chi connectivity index (χ1) is 11.6. The molecule has 2 aromatic rings. The third-order valence-electron chi connectivity index (χ3n) is 4.25. The maximum absolute atomic E-state index is 12.9. The van der Waals surface area contributed by atoms with E-state index in [1.54, 1.807) is 22.8 Å². The second-order valence-electron chi connectivity index (χ2n) is 5.55. The Morgan fingerprint density at radius 3 is 2.67 bits per heavy atom. The molecule has 0 bridgehead atoms. The van der Waals surface area contributed by atoms with Crippen molar-refractivity contribution in [1.82, 2.24) is 4.57 Å². The van der Waals surface area contributed by atoms with Crippen LogP contribution in [0.5, 0.6) is 5.75 Å². The maximum atomic E-state index is 12.9. The average Bonchev–Trinajstić information content (AvgIpc) is 3.11. The predicted molar refractivity (Wildman–Crippen MR) is 87.7 cm³/mol. The zero-order valence-corrected chi connectivity index (χ0v) is 13.5. The second-order valence-corrected chi connectivity index (χ2v) is 5.55. The minimum Gasteiger partial charge on any atom is -0.496 e. The lowest BCUT2D eigenvalue weighted by molar-refractivity contribution is 0.0598. The number of aromatic nitrogens is 1. The van der Waals surface area contributed by atoms with E-state index in [1.807, 2.05) is 0 Å². The summed E-state index contributed by atoms with van der Waals surface area (Å²) in [6.45, 7) is 0.557. The van der Waals surface area contributed by atoms with Gasteiger partial charge < -0.3 is 14.0 Å². The molecular formula is C18H17NO5. The van der Waals surface area contributed by atoms with Crippen LogP contribution in [0.15, 0.2) is 29.1 Å². The molecule has 0 aliphatic carbocycles. The Morgan fingerprint density at radius 1 is 1.21 bits per heavy atom. The molecule has 0 fully saturated rings. The highest BCUT2D eigenvalue weighted by atomic mass is 16.5. The van der Waals surface area contributed by atoms with E-state index in [1.165, 1.54) is 20.3 Å². The first kappa shape index (κ1) is 16.0. The molecule has 0 spiro atoms. The summed E-state index contributed by atoms with van der Waals surface area (Å²) in [7, 11) is 2.80. The van der Waals surface area contributed by atoms with E-state index in [0.29, 0.717) is 52.9 Å². The van der Waals surface area contributed by atoms with Gasteiger partial charge in [0.25, 0.3) is 5.56 Å². The molecule has 124 valence electrons. The number of nitrogens with zero attached hydrogens (tertiary/aromatic N) is 1. The van der Waals surface area contributed by atoms with Gasteiger partial charge in [0.15, 0.2) is 0 Å². The van der Waals surface area contributed by atoms with Crippen LogP contribution in [0.3, 0.4) is 0 Å². The minimum atomic E-state index is -0.479. The highest BCUT2D eigenvalue weighted by Gasteiger charge is 2.25. The fourth-order valence-corrected chi connectivity index (χ4v) is 3.10. The lowest BCUT2D eigenvalue weighted by Crippen LogP contribution is -2.24. The van der Waals surface area contributed by atoms with E-state index in [9.17, 15) is 14.4 Å². The number of hydrogen-bond acceptors (Lipinski definition) is 5. The minimum absolute atomic E-state index is 0.198. The summed E-state index contributed by atoms with van der Waals surface area (Å²) < 4.78 is 11.8. The van der Waals surface area contributed by atoms with Gasteiger partial charge in [-0.1, -0.05) is 0 Å². The van der Waals surface area contributed by atoms with Gasteiger partial charge >= 0.3 is 5.97 Å². The van der Waals surface area contributed by atoms with Gasteiger partial charge in [-0.2, -0.15) is 0 Å². The van der Waals surface area contributed by atoms with Crippen molar-refractivity contribution in [3.8, 4) is 16.9 Å². The normalized spacial score (nSPS) is 12.6. The first-order valence-electron chi connectivity index (χ1n) is 7.59. The van der Waals surface area contributed by atoms with Crippen molar-refractivity contribution in [2.24, 2.45) is 0 Å². The number of ether oxygens (including phenoxy) is 2. The van der Waals surface area contributed by atoms with Crippen LogP contribution in [0.25, 0.3) is 11.1 Å². The summed E-state index contributed by atoms with van der Waals surface area (Å²) in [6.07, 6.45) is 2.16. The van der Waals surface area contributed by atoms with Gasteiger partial charge in [0.2, 0.25) is 0 Å². The number of hydrogen-bond donors (Lipinski definition) is 0. The van der Waals surface area contributed by atoms with Gasteiger partial charge in [0.1, 0.15) is 12.0 Å². The van der Waals surface area contributed by atoms with Crippen LogP contribution in [0.1, 0.15) is 32.8 Å². The number of methoxy groups -OCH3 is 2. The predicted octanol–water partition coefficient (Wildman–Crippen LogP) is 2.07. The average molecular weight is 327 g/mol. The molecule has 3 rings (SSSR count). The molecule has 1 aliphatic rings. The van der Waals surface area contributed by atoms with Crippen LogP contribution in [0, 0.1) is 0 Å². The topological polar surface area (TPSA) is 74.6 Å². The van der Waals surface area contributed by atoms with E-state index in [4.69, 9.17) is 9.47 Å². The Balaban J connectivity index is 2.32. The highest BCUT2D eigenvalue weighted by molar-refractivity contribution is 5.93. The molecule has 0 saturated heterocycles. The summed E-state index contributed by atoms with van der Waals surface area (Å²) in [5.74, 6) is -0.0144. The van der Waals surface area contributed by atoms with E-state index < -0.39 is 5.97 Å². The fourth-order valence-electron chi connectivity index (χ4n) is 3.10. The molecule has 6 nitrogen and oxygen atoms in total. The smallest absolute Gasteiger partial charge is 0.339 e. The largest absolute Gasteiger partial charge is 0.496 e. The first-order valence-corrected chi connectivity index (χ1v) is 7.59. The van der Waals surface area contributed by atoms with Crippen LogP contribution in [-0.4, -0.2) is 31.0 Å². The SMILES string of the molecule is COC(=O)c1cc(-c2cc(C=O)ccc2OC)c(=O)n2c1CCC2. The van der Waals surface area contributed by atoms with E-state index in [-0.39, 0.29) is 5.56 Å². The third-order valence-corrected chi connectivity index (χ3v) is 4.25. The number of benzene rings is 1. The van der Waals surface area contributed by atoms with Crippen LogP contribution in [0.2, 0.25) is 0 Å². The highest BCUT2D eigenvalue weighted by Crippen LogP contribution is 2.31.